The Kier molecular flexibility index (Phi) is 2.43. The van der Waals surface area contributed by atoms with Crippen LogP contribution in [-0.4, -0.2) is 12.6 Å². The molecule has 0 bridgehead atoms. The van der Waals surface area contributed by atoms with Crippen molar-refractivity contribution in [1.82, 2.24) is 5.32 Å². The molecule has 1 aromatic rings. The highest BCUT2D eigenvalue weighted by Crippen LogP contribution is 2.39. The van der Waals surface area contributed by atoms with Gasteiger partial charge in [-0.15, -0.1) is 0 Å². The SMILES string of the molecule is Fc1cc(F)c2c(c1)CC[C@@H]2[C@H]1CCCN1. The van der Waals surface area contributed by atoms with Crippen LogP contribution < -0.4 is 5.32 Å². The highest BCUT2D eigenvalue weighted by Gasteiger charge is 2.33. The second-order valence-electron chi connectivity index (χ2n) is 4.81. The van der Waals surface area contributed by atoms with E-state index in [1.165, 1.54) is 12.5 Å². The number of hydrogen-bond acceptors (Lipinski definition) is 1. The average molecular weight is 223 g/mol. The van der Waals surface area contributed by atoms with Crippen molar-refractivity contribution < 1.29 is 8.78 Å². The van der Waals surface area contributed by atoms with Gasteiger partial charge in [-0.25, -0.2) is 8.78 Å². The summed E-state index contributed by atoms with van der Waals surface area (Å²) in [5.74, 6) is -0.555. The summed E-state index contributed by atoms with van der Waals surface area (Å²) in [4.78, 5) is 0. The Hall–Kier alpha value is -0.960. The first-order chi connectivity index (χ1) is 7.75. The zero-order chi connectivity index (χ0) is 11.1. The first kappa shape index (κ1) is 10.2. The summed E-state index contributed by atoms with van der Waals surface area (Å²) in [6, 6.07) is 2.90. The Morgan fingerprint density at radius 1 is 1.19 bits per heavy atom. The Morgan fingerprint density at radius 3 is 2.81 bits per heavy atom. The molecule has 86 valence electrons. The number of aryl methyl sites for hydroxylation is 1. The predicted octanol–water partition coefficient (Wildman–Crippen LogP) is 2.75. The molecule has 0 aromatic heterocycles. The molecule has 0 radical (unpaired) electrons. The van der Waals surface area contributed by atoms with Crippen LogP contribution in [0.2, 0.25) is 0 Å². The van der Waals surface area contributed by atoms with Crippen molar-refractivity contribution in [2.24, 2.45) is 0 Å². The van der Waals surface area contributed by atoms with Gasteiger partial charge in [0.1, 0.15) is 11.6 Å². The minimum absolute atomic E-state index is 0.248. The van der Waals surface area contributed by atoms with Crippen LogP contribution in [0.3, 0.4) is 0 Å². The first-order valence-electron chi connectivity index (χ1n) is 5.97. The van der Waals surface area contributed by atoms with E-state index in [2.05, 4.69) is 5.32 Å². The van der Waals surface area contributed by atoms with E-state index in [1.807, 2.05) is 0 Å². The molecule has 1 aliphatic heterocycles. The molecule has 1 fully saturated rings. The van der Waals surface area contributed by atoms with E-state index in [9.17, 15) is 8.78 Å². The van der Waals surface area contributed by atoms with E-state index in [-0.39, 0.29) is 11.7 Å². The van der Waals surface area contributed by atoms with E-state index in [0.717, 1.165) is 43.0 Å². The zero-order valence-electron chi connectivity index (χ0n) is 9.10. The summed E-state index contributed by atoms with van der Waals surface area (Å²) in [6.45, 7) is 1.03. The molecular weight excluding hydrogens is 208 g/mol. The van der Waals surface area contributed by atoms with Crippen molar-refractivity contribution in [1.29, 1.82) is 0 Å². The average Bonchev–Trinajstić information content (AvgIpc) is 2.82. The van der Waals surface area contributed by atoms with Crippen LogP contribution in [0, 0.1) is 11.6 Å². The minimum atomic E-state index is -0.448. The zero-order valence-corrected chi connectivity index (χ0v) is 9.10. The molecule has 1 heterocycles. The molecule has 16 heavy (non-hydrogen) atoms. The lowest BCUT2D eigenvalue weighted by molar-refractivity contribution is 0.467. The van der Waals surface area contributed by atoms with Crippen molar-refractivity contribution in [3.8, 4) is 0 Å². The molecule has 0 unspecified atom stereocenters. The van der Waals surface area contributed by atoms with Crippen molar-refractivity contribution in [2.45, 2.75) is 37.6 Å². The lowest BCUT2D eigenvalue weighted by Gasteiger charge is -2.20. The first-order valence-corrected chi connectivity index (χ1v) is 5.97. The smallest absolute Gasteiger partial charge is 0.129 e. The Labute approximate surface area is 93.9 Å². The summed E-state index contributed by atoms with van der Waals surface area (Å²) in [6.07, 6.45) is 4.04. The van der Waals surface area contributed by atoms with Gasteiger partial charge in [-0.05, 0) is 49.4 Å². The molecule has 0 spiro atoms. The number of hydrogen-bond donors (Lipinski definition) is 1. The van der Waals surface area contributed by atoms with Gasteiger partial charge in [0.2, 0.25) is 0 Å². The fraction of sp³-hybridized carbons (Fsp3) is 0.538. The van der Waals surface area contributed by atoms with Gasteiger partial charge >= 0.3 is 0 Å². The number of fused-ring (bicyclic) bond motifs is 1. The van der Waals surface area contributed by atoms with Crippen LogP contribution >= 0.6 is 0 Å². The number of benzene rings is 1. The molecule has 1 nitrogen and oxygen atoms in total. The van der Waals surface area contributed by atoms with E-state index in [4.69, 9.17) is 0 Å². The van der Waals surface area contributed by atoms with E-state index in [1.54, 1.807) is 0 Å². The molecule has 0 saturated carbocycles. The highest BCUT2D eigenvalue weighted by molar-refractivity contribution is 5.38. The monoisotopic (exact) mass is 223 g/mol. The Morgan fingerprint density at radius 2 is 2.06 bits per heavy atom. The van der Waals surface area contributed by atoms with E-state index in [0.29, 0.717) is 6.04 Å². The highest BCUT2D eigenvalue weighted by atomic mass is 19.1. The second-order valence-corrected chi connectivity index (χ2v) is 4.81. The van der Waals surface area contributed by atoms with Gasteiger partial charge in [0, 0.05) is 18.0 Å². The molecule has 0 amide bonds. The molecule has 3 heteroatoms. The summed E-state index contributed by atoms with van der Waals surface area (Å²) in [5.41, 5.74) is 1.64. The lowest BCUT2D eigenvalue weighted by Crippen LogP contribution is -2.28. The molecule has 1 aliphatic carbocycles. The van der Waals surface area contributed by atoms with Crippen LogP contribution in [0.25, 0.3) is 0 Å². The Balaban J connectivity index is 1.98. The summed E-state index contributed by atoms with van der Waals surface area (Å²) >= 11 is 0. The second kappa shape index (κ2) is 3.81. The summed E-state index contributed by atoms with van der Waals surface area (Å²) in [5, 5.41) is 3.42. The van der Waals surface area contributed by atoms with Gasteiger partial charge < -0.3 is 5.32 Å². The lowest BCUT2D eigenvalue weighted by atomic mass is 9.92. The molecule has 2 atom stereocenters. The normalized spacial score (nSPS) is 28.4. The molecule has 1 saturated heterocycles. The maximum absolute atomic E-state index is 13.8. The number of nitrogens with one attached hydrogen (secondary N) is 1. The largest absolute Gasteiger partial charge is 0.313 e. The van der Waals surface area contributed by atoms with Crippen molar-refractivity contribution in [3.05, 3.63) is 34.9 Å². The van der Waals surface area contributed by atoms with E-state index >= 15 is 0 Å². The topological polar surface area (TPSA) is 12.0 Å². The standard InChI is InChI=1S/C13H15F2N/c14-9-6-8-3-4-10(12-2-1-5-16-12)13(8)11(15)7-9/h6-7,10,12,16H,1-5H2/t10-,12-/m1/s1. The number of halogens is 2. The third-order valence-electron chi connectivity index (χ3n) is 3.86. The van der Waals surface area contributed by atoms with E-state index < -0.39 is 5.82 Å². The predicted molar refractivity (Wildman–Crippen MR) is 58.4 cm³/mol. The van der Waals surface area contributed by atoms with Crippen LogP contribution in [0.15, 0.2) is 12.1 Å². The molecule has 3 rings (SSSR count). The van der Waals surface area contributed by atoms with Crippen LogP contribution in [-0.2, 0) is 6.42 Å². The minimum Gasteiger partial charge on any atom is -0.313 e. The molecular formula is C13H15F2N. The Bertz CT molecular complexity index is 411. The van der Waals surface area contributed by atoms with Crippen molar-refractivity contribution in [2.75, 3.05) is 6.54 Å². The van der Waals surface area contributed by atoms with Crippen LogP contribution in [0.1, 0.15) is 36.3 Å². The quantitative estimate of drug-likeness (QED) is 0.772. The molecule has 1 aromatic carbocycles. The maximum atomic E-state index is 13.8. The van der Waals surface area contributed by atoms with Gasteiger partial charge in [0.05, 0.1) is 0 Å². The van der Waals surface area contributed by atoms with Crippen molar-refractivity contribution >= 4 is 0 Å². The molecule has 1 N–H and O–H groups in total. The summed E-state index contributed by atoms with van der Waals surface area (Å²) in [7, 11) is 0. The van der Waals surface area contributed by atoms with Gasteiger partial charge in [0.25, 0.3) is 0 Å². The van der Waals surface area contributed by atoms with Gasteiger partial charge in [-0.1, -0.05) is 0 Å². The third kappa shape index (κ3) is 1.54. The number of rotatable bonds is 1. The fourth-order valence-corrected chi connectivity index (χ4v) is 3.17. The summed E-state index contributed by atoms with van der Waals surface area (Å²) < 4.78 is 26.9. The van der Waals surface area contributed by atoms with Crippen molar-refractivity contribution in [3.63, 3.8) is 0 Å². The third-order valence-corrected chi connectivity index (χ3v) is 3.86. The van der Waals surface area contributed by atoms with Gasteiger partial charge in [-0.3, -0.25) is 0 Å². The fourth-order valence-electron chi connectivity index (χ4n) is 3.17. The van der Waals surface area contributed by atoms with Gasteiger partial charge in [0.15, 0.2) is 0 Å². The van der Waals surface area contributed by atoms with Crippen LogP contribution in [0.4, 0.5) is 8.78 Å². The van der Waals surface area contributed by atoms with Crippen LogP contribution in [0.5, 0.6) is 0 Å². The maximum Gasteiger partial charge on any atom is 0.129 e. The molecule has 2 aliphatic rings. The van der Waals surface area contributed by atoms with Gasteiger partial charge in [-0.2, -0.15) is 0 Å².